The summed E-state index contributed by atoms with van der Waals surface area (Å²) in [5.41, 5.74) is 1.67. The van der Waals surface area contributed by atoms with E-state index in [2.05, 4.69) is 15.4 Å². The van der Waals surface area contributed by atoms with Crippen molar-refractivity contribution < 1.29 is 9.53 Å². The van der Waals surface area contributed by atoms with Crippen LogP contribution >= 0.6 is 0 Å². The van der Waals surface area contributed by atoms with Gasteiger partial charge in [-0.05, 0) is 42.0 Å². The lowest BCUT2D eigenvalue weighted by Crippen LogP contribution is -2.29. The first-order valence-electron chi connectivity index (χ1n) is 11.2. The van der Waals surface area contributed by atoms with E-state index in [1.165, 1.54) is 4.68 Å². The van der Waals surface area contributed by atoms with Gasteiger partial charge in [0.15, 0.2) is 0 Å². The molecule has 7 nitrogen and oxygen atoms in total. The van der Waals surface area contributed by atoms with Crippen molar-refractivity contribution in [3.63, 3.8) is 0 Å². The molecule has 3 aromatic carbocycles. The van der Waals surface area contributed by atoms with Crippen LogP contribution in [0.25, 0.3) is 10.8 Å². The van der Waals surface area contributed by atoms with Gasteiger partial charge in [0.2, 0.25) is 0 Å². The van der Waals surface area contributed by atoms with E-state index in [1.807, 2.05) is 66.7 Å². The van der Waals surface area contributed by atoms with Gasteiger partial charge < -0.3 is 10.1 Å². The fourth-order valence-corrected chi connectivity index (χ4v) is 3.83. The van der Waals surface area contributed by atoms with Crippen molar-refractivity contribution in [1.82, 2.24) is 20.1 Å². The number of nitrogens with one attached hydrogen (secondary N) is 1. The molecule has 0 aliphatic carbocycles. The first-order valence-corrected chi connectivity index (χ1v) is 11.2. The van der Waals surface area contributed by atoms with E-state index >= 15 is 0 Å². The van der Waals surface area contributed by atoms with Gasteiger partial charge in [-0.1, -0.05) is 54.6 Å². The third-order valence-electron chi connectivity index (χ3n) is 5.52. The predicted molar refractivity (Wildman–Crippen MR) is 133 cm³/mol. The lowest BCUT2D eigenvalue weighted by atomic mass is 10.1. The Bertz CT molecular complexity index is 1530. The monoisotopic (exact) mass is 462 g/mol. The Morgan fingerprint density at radius 3 is 2.40 bits per heavy atom. The minimum atomic E-state index is -0.299. The highest BCUT2D eigenvalue weighted by molar-refractivity contribution is 5.97. The van der Waals surface area contributed by atoms with Crippen LogP contribution in [0.4, 0.5) is 0 Å². The molecular weight excluding hydrogens is 440 g/mol. The Labute approximate surface area is 201 Å². The standard InChI is InChI=1S/C28H22N4O3/c33-27(24-14-6-7-15-26(24)35-21-10-2-1-3-11-21)30-18-25-22-12-4-5-13-23(22)28(34)32(31-25)19-20-9-8-16-29-17-20/h1-17H,18-19H2,(H,30,33). The van der Waals surface area contributed by atoms with Crippen molar-refractivity contribution in [3.05, 3.63) is 131 Å². The van der Waals surface area contributed by atoms with E-state index in [1.54, 1.807) is 36.7 Å². The zero-order valence-electron chi connectivity index (χ0n) is 18.8. The summed E-state index contributed by atoms with van der Waals surface area (Å²) in [5, 5.41) is 8.76. The smallest absolute Gasteiger partial charge is 0.274 e. The summed E-state index contributed by atoms with van der Waals surface area (Å²) < 4.78 is 7.34. The summed E-state index contributed by atoms with van der Waals surface area (Å²) in [6.45, 7) is 0.429. The molecule has 0 aliphatic heterocycles. The minimum Gasteiger partial charge on any atom is -0.457 e. The molecule has 5 aromatic rings. The zero-order chi connectivity index (χ0) is 24.0. The largest absolute Gasteiger partial charge is 0.457 e. The number of hydrogen-bond donors (Lipinski definition) is 1. The normalized spacial score (nSPS) is 10.7. The van der Waals surface area contributed by atoms with Gasteiger partial charge in [-0.3, -0.25) is 14.6 Å². The lowest BCUT2D eigenvalue weighted by molar-refractivity contribution is 0.0948. The number of hydrogen-bond acceptors (Lipinski definition) is 5. The van der Waals surface area contributed by atoms with Gasteiger partial charge in [0.25, 0.3) is 11.5 Å². The van der Waals surface area contributed by atoms with Crippen LogP contribution in [0, 0.1) is 0 Å². The molecule has 172 valence electrons. The summed E-state index contributed by atoms with van der Waals surface area (Å²) in [6, 6.07) is 27.4. The molecular formula is C28H22N4O3. The van der Waals surface area contributed by atoms with Crippen LogP contribution in [-0.2, 0) is 13.1 Å². The number of pyridine rings is 1. The second-order valence-corrected chi connectivity index (χ2v) is 7.91. The van der Waals surface area contributed by atoms with E-state index < -0.39 is 0 Å². The van der Waals surface area contributed by atoms with E-state index in [9.17, 15) is 9.59 Å². The highest BCUT2D eigenvalue weighted by Gasteiger charge is 2.15. The molecule has 0 unspecified atom stereocenters. The molecule has 7 heteroatoms. The van der Waals surface area contributed by atoms with Crippen molar-refractivity contribution in [3.8, 4) is 11.5 Å². The first kappa shape index (κ1) is 22.0. The summed E-state index contributed by atoms with van der Waals surface area (Å²) >= 11 is 0. The summed E-state index contributed by atoms with van der Waals surface area (Å²) in [7, 11) is 0. The Kier molecular flexibility index (Phi) is 6.30. The van der Waals surface area contributed by atoms with Crippen molar-refractivity contribution >= 4 is 16.7 Å². The lowest BCUT2D eigenvalue weighted by Gasteiger charge is -2.13. The topological polar surface area (TPSA) is 86.1 Å². The number of benzene rings is 3. The number of amides is 1. The maximum atomic E-state index is 13.1. The molecule has 0 spiro atoms. The van der Waals surface area contributed by atoms with Crippen LogP contribution in [0.3, 0.4) is 0 Å². The van der Waals surface area contributed by atoms with Crippen LogP contribution in [0.15, 0.2) is 108 Å². The van der Waals surface area contributed by atoms with Gasteiger partial charge in [-0.25, -0.2) is 4.68 Å². The molecule has 1 N–H and O–H groups in total. The molecule has 5 rings (SSSR count). The Balaban J connectivity index is 1.42. The predicted octanol–water partition coefficient (Wildman–Crippen LogP) is 4.56. The van der Waals surface area contributed by atoms with Crippen LogP contribution in [0.1, 0.15) is 21.6 Å². The fourth-order valence-electron chi connectivity index (χ4n) is 3.83. The minimum absolute atomic E-state index is 0.145. The van der Waals surface area contributed by atoms with Gasteiger partial charge in [-0.2, -0.15) is 5.10 Å². The Hall–Kier alpha value is -4.78. The maximum Gasteiger partial charge on any atom is 0.274 e. The average molecular weight is 463 g/mol. The van der Waals surface area contributed by atoms with Crippen molar-refractivity contribution in [1.29, 1.82) is 0 Å². The summed E-state index contributed by atoms with van der Waals surface area (Å²) in [6.07, 6.45) is 3.38. The fraction of sp³-hybridized carbons (Fsp3) is 0.0714. The highest BCUT2D eigenvalue weighted by Crippen LogP contribution is 2.25. The zero-order valence-corrected chi connectivity index (χ0v) is 18.8. The molecule has 35 heavy (non-hydrogen) atoms. The molecule has 0 atom stereocenters. The molecule has 2 aromatic heterocycles. The Morgan fingerprint density at radius 2 is 1.60 bits per heavy atom. The molecule has 0 bridgehead atoms. The number of aromatic nitrogens is 3. The van der Waals surface area contributed by atoms with Gasteiger partial charge >= 0.3 is 0 Å². The van der Waals surface area contributed by atoms with Gasteiger partial charge in [0.05, 0.1) is 29.7 Å². The second kappa shape index (κ2) is 10.0. The van der Waals surface area contributed by atoms with E-state index in [0.29, 0.717) is 33.5 Å². The molecule has 0 saturated heterocycles. The van der Waals surface area contributed by atoms with Crippen molar-refractivity contribution in [2.75, 3.05) is 0 Å². The van der Waals surface area contributed by atoms with Gasteiger partial charge in [0.1, 0.15) is 11.5 Å². The van der Waals surface area contributed by atoms with Gasteiger partial charge in [0, 0.05) is 17.8 Å². The third kappa shape index (κ3) is 4.94. The maximum absolute atomic E-state index is 13.1. The van der Waals surface area contributed by atoms with E-state index in [-0.39, 0.29) is 24.6 Å². The number of carbonyl (C=O) groups excluding carboxylic acids is 1. The van der Waals surface area contributed by atoms with Gasteiger partial charge in [-0.15, -0.1) is 0 Å². The molecule has 0 radical (unpaired) electrons. The number of rotatable bonds is 7. The first-order chi connectivity index (χ1) is 17.2. The molecule has 0 fully saturated rings. The molecule has 0 aliphatic rings. The third-order valence-corrected chi connectivity index (χ3v) is 5.52. The number of fused-ring (bicyclic) bond motifs is 1. The van der Waals surface area contributed by atoms with Crippen LogP contribution in [0.5, 0.6) is 11.5 Å². The molecule has 1 amide bonds. The van der Waals surface area contributed by atoms with Crippen LogP contribution < -0.4 is 15.6 Å². The number of para-hydroxylation sites is 2. The van der Waals surface area contributed by atoms with Crippen molar-refractivity contribution in [2.45, 2.75) is 13.1 Å². The van der Waals surface area contributed by atoms with Crippen LogP contribution in [0.2, 0.25) is 0 Å². The summed E-state index contributed by atoms with van der Waals surface area (Å²) in [4.78, 5) is 30.3. The number of carbonyl (C=O) groups is 1. The van der Waals surface area contributed by atoms with Crippen LogP contribution in [-0.4, -0.2) is 20.7 Å². The molecule has 0 saturated carbocycles. The number of nitrogens with zero attached hydrogens (tertiary/aromatic N) is 3. The van der Waals surface area contributed by atoms with E-state index in [0.717, 1.165) is 5.56 Å². The summed E-state index contributed by atoms with van der Waals surface area (Å²) in [5.74, 6) is 0.797. The highest BCUT2D eigenvalue weighted by atomic mass is 16.5. The Morgan fingerprint density at radius 1 is 0.857 bits per heavy atom. The van der Waals surface area contributed by atoms with Crippen molar-refractivity contribution in [2.24, 2.45) is 0 Å². The number of ether oxygens (including phenoxy) is 1. The second-order valence-electron chi connectivity index (χ2n) is 7.91. The molecule has 2 heterocycles. The SMILES string of the molecule is O=C(NCc1nn(Cc2cccnc2)c(=O)c2ccccc12)c1ccccc1Oc1ccccc1. The quantitative estimate of drug-likeness (QED) is 0.383. The average Bonchev–Trinajstić information content (AvgIpc) is 2.91. The van der Waals surface area contributed by atoms with E-state index in [4.69, 9.17) is 4.74 Å².